The summed E-state index contributed by atoms with van der Waals surface area (Å²) in [6.45, 7) is 2.69. The number of hydrogen-bond donors (Lipinski definition) is 0. The number of ether oxygens (including phenoxy) is 3. The van der Waals surface area contributed by atoms with Gasteiger partial charge in [0.15, 0.2) is 0 Å². The fourth-order valence-electron chi connectivity index (χ4n) is 4.48. The standard InChI is InChI=1S/C25H30O4/c1-16(25(26)28-3)24(17-10-11-17)19-7-5-9-22(13-19)29-15-20-14-23(20)18-6-4-8-21(12-18)27-2/h4-9,12-13,16-17,20,23-24H,10-11,14-15H2,1-3H3/t16-,20?,23?,24-/m0/s1. The predicted molar refractivity (Wildman–Crippen MR) is 112 cm³/mol. The number of benzene rings is 2. The van der Waals surface area contributed by atoms with Crippen molar-refractivity contribution >= 4 is 5.97 Å². The summed E-state index contributed by atoms with van der Waals surface area (Å²) < 4.78 is 16.5. The van der Waals surface area contributed by atoms with Crippen LogP contribution in [0, 0.1) is 17.8 Å². The van der Waals surface area contributed by atoms with Crippen LogP contribution >= 0.6 is 0 Å². The van der Waals surface area contributed by atoms with Gasteiger partial charge in [0.2, 0.25) is 0 Å². The van der Waals surface area contributed by atoms with E-state index in [1.807, 2.05) is 31.2 Å². The van der Waals surface area contributed by atoms with Gasteiger partial charge in [-0.3, -0.25) is 4.79 Å². The zero-order chi connectivity index (χ0) is 20.4. The summed E-state index contributed by atoms with van der Waals surface area (Å²) in [6.07, 6.45) is 3.51. The molecule has 4 heteroatoms. The van der Waals surface area contributed by atoms with Crippen LogP contribution in [0.25, 0.3) is 0 Å². The van der Waals surface area contributed by atoms with Gasteiger partial charge in [0, 0.05) is 5.92 Å². The monoisotopic (exact) mass is 394 g/mol. The Balaban J connectivity index is 1.39. The van der Waals surface area contributed by atoms with Crippen molar-refractivity contribution in [3.63, 3.8) is 0 Å². The molecule has 154 valence electrons. The van der Waals surface area contributed by atoms with Gasteiger partial charge in [0.1, 0.15) is 11.5 Å². The molecule has 4 rings (SSSR count). The SMILES string of the molecule is COC(=O)[C@@H](C)[C@H](c1cccc(OCC2CC2c2cccc(OC)c2)c1)C1CC1. The third-order valence-electron chi connectivity index (χ3n) is 6.39. The summed E-state index contributed by atoms with van der Waals surface area (Å²) in [6, 6.07) is 16.6. The van der Waals surface area contributed by atoms with Crippen LogP contribution in [0.1, 0.15) is 49.1 Å². The smallest absolute Gasteiger partial charge is 0.309 e. The van der Waals surface area contributed by atoms with Crippen LogP contribution in [0.3, 0.4) is 0 Å². The van der Waals surface area contributed by atoms with E-state index in [0.717, 1.165) is 17.9 Å². The highest BCUT2D eigenvalue weighted by molar-refractivity contribution is 5.73. The van der Waals surface area contributed by atoms with Gasteiger partial charge in [-0.05, 0) is 72.4 Å². The van der Waals surface area contributed by atoms with Crippen molar-refractivity contribution in [2.75, 3.05) is 20.8 Å². The minimum Gasteiger partial charge on any atom is -0.497 e. The molecular weight excluding hydrogens is 364 g/mol. The first-order valence-electron chi connectivity index (χ1n) is 10.5. The molecule has 0 aromatic heterocycles. The number of carbonyl (C=O) groups is 1. The number of hydrogen-bond acceptors (Lipinski definition) is 4. The molecule has 0 bridgehead atoms. The molecule has 0 saturated heterocycles. The van der Waals surface area contributed by atoms with E-state index in [0.29, 0.717) is 24.4 Å². The summed E-state index contributed by atoms with van der Waals surface area (Å²) in [5, 5.41) is 0. The van der Waals surface area contributed by atoms with Gasteiger partial charge in [-0.2, -0.15) is 0 Å². The van der Waals surface area contributed by atoms with Crippen LogP contribution in [0.15, 0.2) is 48.5 Å². The van der Waals surface area contributed by atoms with Crippen LogP contribution in [0.2, 0.25) is 0 Å². The molecule has 0 aliphatic heterocycles. The van der Waals surface area contributed by atoms with E-state index >= 15 is 0 Å². The van der Waals surface area contributed by atoms with Gasteiger partial charge in [0.05, 0.1) is 26.7 Å². The van der Waals surface area contributed by atoms with E-state index in [2.05, 4.69) is 24.3 Å². The molecule has 2 saturated carbocycles. The molecule has 2 fully saturated rings. The average Bonchev–Trinajstić information content (AvgIpc) is 3.67. The van der Waals surface area contributed by atoms with Crippen LogP contribution in [-0.4, -0.2) is 26.8 Å². The molecule has 2 aliphatic rings. The summed E-state index contributed by atoms with van der Waals surface area (Å²) in [4.78, 5) is 12.1. The van der Waals surface area contributed by atoms with Crippen LogP contribution in [-0.2, 0) is 9.53 Å². The number of carbonyl (C=O) groups excluding carboxylic acids is 1. The first-order valence-corrected chi connectivity index (χ1v) is 10.5. The van der Waals surface area contributed by atoms with Crippen molar-refractivity contribution in [2.45, 2.75) is 38.0 Å². The van der Waals surface area contributed by atoms with Gasteiger partial charge < -0.3 is 14.2 Å². The molecule has 0 spiro atoms. The normalized spacial score (nSPS) is 22.4. The van der Waals surface area contributed by atoms with Crippen molar-refractivity contribution in [3.8, 4) is 11.5 Å². The molecular formula is C25H30O4. The van der Waals surface area contributed by atoms with E-state index in [1.54, 1.807) is 7.11 Å². The Morgan fingerprint density at radius 1 is 1.07 bits per heavy atom. The summed E-state index contributed by atoms with van der Waals surface area (Å²) >= 11 is 0. The Morgan fingerprint density at radius 2 is 1.83 bits per heavy atom. The first-order chi connectivity index (χ1) is 14.1. The second-order valence-corrected chi connectivity index (χ2v) is 8.44. The lowest BCUT2D eigenvalue weighted by molar-refractivity contribution is -0.145. The van der Waals surface area contributed by atoms with Crippen molar-refractivity contribution in [2.24, 2.45) is 17.8 Å². The maximum atomic E-state index is 12.1. The lowest BCUT2D eigenvalue weighted by Gasteiger charge is -2.23. The topological polar surface area (TPSA) is 44.8 Å². The molecule has 2 aliphatic carbocycles. The van der Waals surface area contributed by atoms with E-state index in [1.165, 1.54) is 31.1 Å². The van der Waals surface area contributed by atoms with Gasteiger partial charge in [-0.1, -0.05) is 31.2 Å². The zero-order valence-electron chi connectivity index (χ0n) is 17.5. The maximum absolute atomic E-state index is 12.1. The fourth-order valence-corrected chi connectivity index (χ4v) is 4.48. The van der Waals surface area contributed by atoms with E-state index in [9.17, 15) is 4.79 Å². The first kappa shape index (κ1) is 19.8. The fraction of sp³-hybridized carbons (Fsp3) is 0.480. The zero-order valence-corrected chi connectivity index (χ0v) is 17.5. The quantitative estimate of drug-likeness (QED) is 0.550. The molecule has 2 unspecified atom stereocenters. The Hall–Kier alpha value is -2.49. The highest BCUT2D eigenvalue weighted by Crippen LogP contribution is 2.49. The molecule has 0 amide bonds. The molecule has 0 heterocycles. The molecule has 4 nitrogen and oxygen atoms in total. The number of esters is 1. The van der Waals surface area contributed by atoms with E-state index in [4.69, 9.17) is 14.2 Å². The molecule has 2 aromatic carbocycles. The van der Waals surface area contributed by atoms with Crippen molar-refractivity contribution in [1.82, 2.24) is 0 Å². The van der Waals surface area contributed by atoms with E-state index < -0.39 is 0 Å². The summed E-state index contributed by atoms with van der Waals surface area (Å²) in [5.41, 5.74) is 2.51. The van der Waals surface area contributed by atoms with Gasteiger partial charge in [-0.15, -0.1) is 0 Å². The van der Waals surface area contributed by atoms with Crippen molar-refractivity contribution in [3.05, 3.63) is 59.7 Å². The van der Waals surface area contributed by atoms with E-state index in [-0.39, 0.29) is 17.8 Å². The third-order valence-corrected chi connectivity index (χ3v) is 6.39. The Labute approximate surface area is 173 Å². The molecule has 4 atom stereocenters. The highest BCUT2D eigenvalue weighted by atomic mass is 16.5. The predicted octanol–water partition coefficient (Wildman–Crippen LogP) is 5.18. The highest BCUT2D eigenvalue weighted by Gasteiger charge is 2.40. The summed E-state index contributed by atoms with van der Waals surface area (Å²) in [7, 11) is 3.17. The van der Waals surface area contributed by atoms with Crippen LogP contribution < -0.4 is 9.47 Å². The number of methoxy groups -OCH3 is 2. The van der Waals surface area contributed by atoms with Gasteiger partial charge in [0.25, 0.3) is 0 Å². The lowest BCUT2D eigenvalue weighted by Crippen LogP contribution is -2.22. The van der Waals surface area contributed by atoms with Gasteiger partial charge >= 0.3 is 5.97 Å². The molecule has 2 aromatic rings. The largest absolute Gasteiger partial charge is 0.497 e. The van der Waals surface area contributed by atoms with Gasteiger partial charge in [-0.25, -0.2) is 0 Å². The molecule has 0 radical (unpaired) electrons. The second-order valence-electron chi connectivity index (χ2n) is 8.44. The van der Waals surface area contributed by atoms with Crippen LogP contribution in [0.5, 0.6) is 11.5 Å². The minimum absolute atomic E-state index is 0.132. The Bertz CT molecular complexity index is 857. The second kappa shape index (κ2) is 8.48. The van der Waals surface area contributed by atoms with Crippen molar-refractivity contribution in [1.29, 1.82) is 0 Å². The lowest BCUT2D eigenvalue weighted by atomic mass is 9.83. The molecule has 29 heavy (non-hydrogen) atoms. The summed E-state index contributed by atoms with van der Waals surface area (Å²) in [5.74, 6) is 3.40. The minimum atomic E-state index is -0.136. The maximum Gasteiger partial charge on any atom is 0.309 e. The Morgan fingerprint density at radius 3 is 2.55 bits per heavy atom. The number of rotatable bonds is 9. The average molecular weight is 395 g/mol. The van der Waals surface area contributed by atoms with Crippen LogP contribution in [0.4, 0.5) is 0 Å². The third kappa shape index (κ3) is 4.58. The Kier molecular flexibility index (Phi) is 5.79. The van der Waals surface area contributed by atoms with Crippen molar-refractivity contribution < 1.29 is 19.0 Å². The molecule has 0 N–H and O–H groups in total.